The number of hydrogen-bond donors (Lipinski definition) is 2. The summed E-state index contributed by atoms with van der Waals surface area (Å²) in [4.78, 5) is 15.9. The molecule has 2 aromatic rings. The van der Waals surface area contributed by atoms with E-state index in [1.165, 1.54) is 16.7 Å². The average Bonchev–Trinajstić information content (AvgIpc) is 2.64. The highest BCUT2D eigenvalue weighted by atomic mass is 35.5. The van der Waals surface area contributed by atoms with Crippen LogP contribution in [-0.2, 0) is 11.3 Å². The molecule has 7 heteroatoms. The van der Waals surface area contributed by atoms with E-state index in [1.807, 2.05) is 13.8 Å². The van der Waals surface area contributed by atoms with E-state index in [2.05, 4.69) is 10.3 Å². The molecule has 1 amide bonds. The van der Waals surface area contributed by atoms with Crippen molar-refractivity contribution >= 4 is 34.5 Å². The van der Waals surface area contributed by atoms with Crippen LogP contribution in [0.3, 0.4) is 0 Å². The van der Waals surface area contributed by atoms with Gasteiger partial charge < -0.3 is 15.6 Å². The number of aromatic nitrogens is 2. The standard InChI is InChI=1S/C13H16ClFN4O/c1-7(2)5-17-12(20)6-19-11-4-9(15)8(14)3-10(11)18-13(19)16/h3-4,7H,5-6H2,1-2H3,(H2,16,18)(H,17,20). The van der Waals surface area contributed by atoms with Gasteiger partial charge in [-0.2, -0.15) is 0 Å². The van der Waals surface area contributed by atoms with Crippen LogP contribution in [0.1, 0.15) is 13.8 Å². The van der Waals surface area contributed by atoms with E-state index < -0.39 is 5.82 Å². The summed E-state index contributed by atoms with van der Waals surface area (Å²) in [7, 11) is 0. The molecule has 0 bridgehead atoms. The van der Waals surface area contributed by atoms with Gasteiger partial charge in [-0.1, -0.05) is 25.4 Å². The number of amides is 1. The van der Waals surface area contributed by atoms with E-state index in [1.54, 1.807) is 0 Å². The van der Waals surface area contributed by atoms with Crippen molar-refractivity contribution in [1.82, 2.24) is 14.9 Å². The van der Waals surface area contributed by atoms with E-state index in [-0.39, 0.29) is 23.4 Å². The zero-order valence-electron chi connectivity index (χ0n) is 11.3. The van der Waals surface area contributed by atoms with E-state index in [9.17, 15) is 9.18 Å². The summed E-state index contributed by atoms with van der Waals surface area (Å²) >= 11 is 5.70. The van der Waals surface area contributed by atoms with E-state index in [4.69, 9.17) is 17.3 Å². The van der Waals surface area contributed by atoms with Crippen molar-refractivity contribution in [3.63, 3.8) is 0 Å². The lowest BCUT2D eigenvalue weighted by atomic mass is 10.2. The molecule has 1 aromatic heterocycles. The topological polar surface area (TPSA) is 72.9 Å². The molecule has 1 heterocycles. The normalized spacial score (nSPS) is 11.2. The predicted octanol–water partition coefficient (Wildman–Crippen LogP) is 2.18. The molecule has 5 nitrogen and oxygen atoms in total. The van der Waals surface area contributed by atoms with Crippen molar-refractivity contribution in [3.05, 3.63) is 23.0 Å². The van der Waals surface area contributed by atoms with Crippen LogP contribution >= 0.6 is 11.6 Å². The lowest BCUT2D eigenvalue weighted by Gasteiger charge is -2.09. The molecule has 0 unspecified atom stereocenters. The molecule has 3 N–H and O–H groups in total. The molecular formula is C13H16ClFN4O. The number of nitrogens with one attached hydrogen (secondary N) is 1. The minimum absolute atomic E-state index is 0.00384. The molecule has 0 spiro atoms. The molecule has 20 heavy (non-hydrogen) atoms. The van der Waals surface area contributed by atoms with E-state index in [0.717, 1.165) is 0 Å². The maximum Gasteiger partial charge on any atom is 0.240 e. The Hall–Kier alpha value is -1.82. The number of nitrogen functional groups attached to an aromatic ring is 1. The molecule has 0 aliphatic heterocycles. The van der Waals surface area contributed by atoms with Gasteiger partial charge in [-0.15, -0.1) is 0 Å². The first kappa shape index (κ1) is 14.6. The van der Waals surface area contributed by atoms with Crippen LogP contribution in [0.15, 0.2) is 12.1 Å². The molecule has 0 atom stereocenters. The zero-order chi connectivity index (χ0) is 14.9. The van der Waals surface area contributed by atoms with Crippen molar-refractivity contribution < 1.29 is 9.18 Å². The first-order valence-electron chi connectivity index (χ1n) is 6.26. The summed E-state index contributed by atoms with van der Waals surface area (Å²) in [6.07, 6.45) is 0. The fourth-order valence-corrected chi connectivity index (χ4v) is 1.98. The lowest BCUT2D eigenvalue weighted by molar-refractivity contribution is -0.121. The Labute approximate surface area is 120 Å². The summed E-state index contributed by atoms with van der Waals surface area (Å²) in [6, 6.07) is 2.63. The smallest absolute Gasteiger partial charge is 0.240 e. The minimum Gasteiger partial charge on any atom is -0.369 e. The Balaban J connectivity index is 2.27. The number of imidazole rings is 1. The molecule has 2 rings (SSSR count). The average molecular weight is 299 g/mol. The Morgan fingerprint density at radius 2 is 2.25 bits per heavy atom. The van der Waals surface area contributed by atoms with Crippen molar-refractivity contribution in [2.75, 3.05) is 12.3 Å². The molecule has 0 aliphatic carbocycles. The van der Waals surface area contributed by atoms with Gasteiger partial charge >= 0.3 is 0 Å². The summed E-state index contributed by atoms with van der Waals surface area (Å²) in [6.45, 7) is 4.57. The van der Waals surface area contributed by atoms with Crippen LogP contribution in [0.2, 0.25) is 5.02 Å². The number of nitrogens with zero attached hydrogens (tertiary/aromatic N) is 2. The highest BCUT2D eigenvalue weighted by Crippen LogP contribution is 2.24. The third-order valence-corrected chi connectivity index (χ3v) is 3.12. The number of halogens is 2. The number of nitrogens with two attached hydrogens (primary N) is 1. The molecule has 0 saturated carbocycles. The molecular weight excluding hydrogens is 283 g/mol. The Bertz CT molecular complexity index is 653. The van der Waals surface area contributed by atoms with Gasteiger partial charge in [0.1, 0.15) is 12.4 Å². The SMILES string of the molecule is CC(C)CNC(=O)Cn1c(N)nc2cc(Cl)c(F)cc21. The highest BCUT2D eigenvalue weighted by molar-refractivity contribution is 6.31. The third-order valence-electron chi connectivity index (χ3n) is 2.83. The maximum absolute atomic E-state index is 13.5. The predicted molar refractivity (Wildman–Crippen MR) is 77.0 cm³/mol. The van der Waals surface area contributed by atoms with Crippen LogP contribution in [0.25, 0.3) is 11.0 Å². The number of carbonyl (C=O) groups excluding carboxylic acids is 1. The second-order valence-electron chi connectivity index (χ2n) is 5.01. The Morgan fingerprint density at radius 3 is 2.90 bits per heavy atom. The molecule has 0 fully saturated rings. The Kier molecular flexibility index (Phi) is 4.13. The van der Waals surface area contributed by atoms with Crippen LogP contribution < -0.4 is 11.1 Å². The molecule has 0 aliphatic rings. The molecule has 1 aromatic carbocycles. The number of hydrogen-bond acceptors (Lipinski definition) is 3. The van der Waals surface area contributed by atoms with Crippen molar-refractivity contribution in [2.45, 2.75) is 20.4 Å². The molecule has 108 valence electrons. The van der Waals surface area contributed by atoms with Gasteiger partial charge in [0.25, 0.3) is 0 Å². The van der Waals surface area contributed by atoms with Gasteiger partial charge in [0.2, 0.25) is 11.9 Å². The van der Waals surface area contributed by atoms with Crippen molar-refractivity contribution in [2.24, 2.45) is 5.92 Å². The van der Waals surface area contributed by atoms with Crippen LogP contribution in [-0.4, -0.2) is 22.0 Å². The number of fused-ring (bicyclic) bond motifs is 1. The van der Waals surface area contributed by atoms with Gasteiger partial charge in [0.05, 0.1) is 16.1 Å². The van der Waals surface area contributed by atoms with Gasteiger partial charge in [-0.25, -0.2) is 9.37 Å². The summed E-state index contributed by atoms with van der Waals surface area (Å²) in [5.41, 5.74) is 6.68. The zero-order valence-corrected chi connectivity index (χ0v) is 12.0. The van der Waals surface area contributed by atoms with Gasteiger partial charge in [0, 0.05) is 12.6 Å². The fourth-order valence-electron chi connectivity index (χ4n) is 1.82. The quantitative estimate of drug-likeness (QED) is 0.908. The highest BCUT2D eigenvalue weighted by Gasteiger charge is 2.14. The lowest BCUT2D eigenvalue weighted by Crippen LogP contribution is -2.30. The van der Waals surface area contributed by atoms with E-state index >= 15 is 0 Å². The van der Waals surface area contributed by atoms with Crippen LogP contribution in [0.5, 0.6) is 0 Å². The number of benzene rings is 1. The van der Waals surface area contributed by atoms with Gasteiger partial charge in [0.15, 0.2) is 0 Å². The summed E-state index contributed by atoms with van der Waals surface area (Å²) in [5.74, 6) is -0.253. The first-order chi connectivity index (χ1) is 9.38. The van der Waals surface area contributed by atoms with Gasteiger partial charge in [-0.3, -0.25) is 4.79 Å². The van der Waals surface area contributed by atoms with Crippen LogP contribution in [0, 0.1) is 11.7 Å². The second-order valence-corrected chi connectivity index (χ2v) is 5.42. The Morgan fingerprint density at radius 1 is 1.55 bits per heavy atom. The minimum atomic E-state index is -0.567. The van der Waals surface area contributed by atoms with Gasteiger partial charge in [-0.05, 0) is 12.0 Å². The number of anilines is 1. The summed E-state index contributed by atoms with van der Waals surface area (Å²) < 4.78 is 15.0. The van der Waals surface area contributed by atoms with Crippen molar-refractivity contribution in [3.8, 4) is 0 Å². The fraction of sp³-hybridized carbons (Fsp3) is 0.385. The number of carbonyl (C=O) groups is 1. The van der Waals surface area contributed by atoms with E-state index in [0.29, 0.717) is 23.5 Å². The second kappa shape index (κ2) is 5.66. The summed E-state index contributed by atoms with van der Waals surface area (Å²) in [5, 5.41) is 2.75. The third kappa shape index (κ3) is 3.01. The molecule has 0 saturated heterocycles. The van der Waals surface area contributed by atoms with Crippen molar-refractivity contribution in [1.29, 1.82) is 0 Å². The first-order valence-corrected chi connectivity index (χ1v) is 6.63. The molecule has 0 radical (unpaired) electrons. The van der Waals surface area contributed by atoms with Crippen LogP contribution in [0.4, 0.5) is 10.3 Å². The number of rotatable bonds is 4. The monoisotopic (exact) mass is 298 g/mol. The largest absolute Gasteiger partial charge is 0.369 e. The maximum atomic E-state index is 13.5.